The Balaban J connectivity index is 1.32. The summed E-state index contributed by atoms with van der Waals surface area (Å²) in [4.78, 5) is 21.3. The molecule has 1 aliphatic carbocycles. The highest BCUT2D eigenvalue weighted by Crippen LogP contribution is 2.68. The summed E-state index contributed by atoms with van der Waals surface area (Å²) < 4.78 is 66.7. The van der Waals surface area contributed by atoms with Crippen molar-refractivity contribution < 1.29 is 26.7 Å². The Morgan fingerprint density at radius 2 is 2.11 bits per heavy atom. The molecule has 2 aliphatic rings. The van der Waals surface area contributed by atoms with Crippen LogP contribution in [0.15, 0.2) is 52.7 Å². The van der Waals surface area contributed by atoms with Gasteiger partial charge in [-0.25, -0.2) is 37.5 Å². The van der Waals surface area contributed by atoms with Gasteiger partial charge in [0, 0.05) is 29.4 Å². The minimum atomic E-state index is -2.69. The first-order valence-corrected chi connectivity index (χ1v) is 12.2. The van der Waals surface area contributed by atoms with Crippen molar-refractivity contribution in [2.24, 2.45) is 16.6 Å². The normalized spacial score (nSPS) is 24.3. The van der Waals surface area contributed by atoms with E-state index in [4.69, 9.17) is 14.9 Å². The van der Waals surface area contributed by atoms with E-state index in [1.165, 1.54) is 38.0 Å². The van der Waals surface area contributed by atoms with Gasteiger partial charge in [0.2, 0.25) is 5.88 Å². The number of thioether (sulfide) groups is 1. The molecule has 3 atom stereocenters. The summed E-state index contributed by atoms with van der Waals surface area (Å²) in [5, 5.41) is 2.85. The molecule has 3 N–H and O–H groups in total. The Morgan fingerprint density at radius 1 is 1.26 bits per heavy atom. The molecule has 38 heavy (non-hydrogen) atoms. The Hall–Kier alpha value is -3.94. The molecule has 6 rings (SSSR count). The SMILES string of the molecule is C[C@]1(c2cc(Nc3nccc4nc(OCc5cocn5)cnc34)cc(F)c2F)N=C(N)S[C@@]2(C(F)F)C[C@@H]12. The summed E-state index contributed by atoms with van der Waals surface area (Å²) in [5.74, 6) is -2.60. The van der Waals surface area contributed by atoms with E-state index in [0.717, 1.165) is 17.8 Å². The highest BCUT2D eigenvalue weighted by atomic mass is 32.2. The van der Waals surface area contributed by atoms with Crippen LogP contribution in [-0.2, 0) is 12.1 Å². The first-order valence-electron chi connectivity index (χ1n) is 11.4. The Labute approximate surface area is 216 Å². The van der Waals surface area contributed by atoms with Crippen molar-refractivity contribution in [1.29, 1.82) is 0 Å². The number of amidine groups is 1. The van der Waals surface area contributed by atoms with Crippen molar-refractivity contribution in [2.45, 2.75) is 36.7 Å². The molecule has 196 valence electrons. The molecule has 0 amide bonds. The van der Waals surface area contributed by atoms with Crippen LogP contribution in [0.1, 0.15) is 24.6 Å². The summed E-state index contributed by atoms with van der Waals surface area (Å²) in [7, 11) is 0. The zero-order chi connectivity index (χ0) is 26.7. The molecule has 1 aromatic carbocycles. The molecular formula is C24H19F4N7O2S. The quantitative estimate of drug-likeness (QED) is 0.312. The second kappa shape index (κ2) is 8.82. The Morgan fingerprint density at radius 3 is 2.87 bits per heavy atom. The lowest BCUT2D eigenvalue weighted by Crippen LogP contribution is -2.39. The van der Waals surface area contributed by atoms with Crippen LogP contribution >= 0.6 is 11.8 Å². The van der Waals surface area contributed by atoms with Crippen LogP contribution in [0.2, 0.25) is 0 Å². The van der Waals surface area contributed by atoms with Crippen molar-refractivity contribution in [3.63, 3.8) is 0 Å². The van der Waals surface area contributed by atoms with Crippen molar-refractivity contribution in [3.05, 3.63) is 66.1 Å². The zero-order valence-corrected chi connectivity index (χ0v) is 20.5. The fourth-order valence-corrected chi connectivity index (χ4v) is 6.15. The molecule has 0 bridgehead atoms. The van der Waals surface area contributed by atoms with Crippen LogP contribution in [0.5, 0.6) is 5.88 Å². The van der Waals surface area contributed by atoms with Crippen LogP contribution in [0.25, 0.3) is 11.0 Å². The van der Waals surface area contributed by atoms with Gasteiger partial charge >= 0.3 is 0 Å². The maximum absolute atomic E-state index is 15.1. The Kier molecular flexibility index (Phi) is 5.67. The smallest absolute Gasteiger partial charge is 0.253 e. The van der Waals surface area contributed by atoms with Crippen LogP contribution in [0, 0.1) is 17.6 Å². The fraction of sp³-hybridized carbons (Fsp3) is 0.292. The van der Waals surface area contributed by atoms with Gasteiger partial charge in [0.15, 0.2) is 29.0 Å². The van der Waals surface area contributed by atoms with E-state index in [9.17, 15) is 13.2 Å². The number of nitrogens with two attached hydrogens (primary N) is 1. The van der Waals surface area contributed by atoms with Crippen molar-refractivity contribution in [1.82, 2.24) is 19.9 Å². The lowest BCUT2D eigenvalue weighted by molar-refractivity contribution is 0.123. The standard InChI is InChI=1S/C24H19F4N7O2S/c1-23(16-6-24(16,21(27)28)38-22(29)35-23)13-4-11(5-14(25)18(13)26)33-20-19-15(2-3-30-20)34-17(7-31-19)37-9-12-8-36-10-32-12/h2-5,7-8,10,16,21H,6,9H2,1H3,(H2,29,35)(H,30,33)/t16-,23+,24-/m0/s1. The zero-order valence-electron chi connectivity index (χ0n) is 19.7. The number of halogens is 4. The average Bonchev–Trinajstić information content (AvgIpc) is 3.42. The minimum absolute atomic E-state index is 0.0796. The molecule has 1 aliphatic heterocycles. The summed E-state index contributed by atoms with van der Waals surface area (Å²) in [6, 6.07) is 3.90. The largest absolute Gasteiger partial charge is 0.470 e. The van der Waals surface area contributed by atoms with Crippen molar-refractivity contribution in [3.8, 4) is 5.88 Å². The Bertz CT molecular complexity index is 1570. The van der Waals surface area contributed by atoms with Gasteiger partial charge in [-0.2, -0.15) is 0 Å². The average molecular weight is 546 g/mol. The number of nitrogens with one attached hydrogen (secondary N) is 1. The number of aliphatic imine (C=N–C) groups is 1. The van der Waals surface area contributed by atoms with Gasteiger partial charge in [-0.3, -0.25) is 4.99 Å². The molecule has 3 aromatic heterocycles. The number of anilines is 2. The van der Waals surface area contributed by atoms with E-state index in [1.807, 2.05) is 0 Å². The van der Waals surface area contributed by atoms with Gasteiger partial charge in [-0.05, 0) is 25.5 Å². The van der Waals surface area contributed by atoms with Crippen LogP contribution in [0.4, 0.5) is 29.1 Å². The molecule has 1 fully saturated rings. The summed E-state index contributed by atoms with van der Waals surface area (Å²) in [5.41, 5.74) is 5.69. The highest BCUT2D eigenvalue weighted by Gasteiger charge is 2.71. The monoisotopic (exact) mass is 545 g/mol. The van der Waals surface area contributed by atoms with Gasteiger partial charge in [-0.15, -0.1) is 0 Å². The number of alkyl halides is 2. The van der Waals surface area contributed by atoms with Gasteiger partial charge in [-0.1, -0.05) is 11.8 Å². The predicted octanol–water partition coefficient (Wildman–Crippen LogP) is 4.91. The number of pyridine rings is 1. The molecule has 0 spiro atoms. The molecule has 0 unspecified atom stereocenters. The number of oxazole rings is 1. The molecule has 9 nitrogen and oxygen atoms in total. The molecule has 0 radical (unpaired) electrons. The first kappa shape index (κ1) is 24.4. The van der Waals surface area contributed by atoms with Gasteiger partial charge in [0.25, 0.3) is 6.43 Å². The van der Waals surface area contributed by atoms with Crippen LogP contribution in [0.3, 0.4) is 0 Å². The number of hydrogen-bond donors (Lipinski definition) is 2. The minimum Gasteiger partial charge on any atom is -0.470 e. The lowest BCUT2D eigenvalue weighted by Gasteiger charge is -2.34. The van der Waals surface area contributed by atoms with Crippen LogP contribution < -0.4 is 15.8 Å². The third-order valence-electron chi connectivity index (χ3n) is 6.76. The van der Waals surface area contributed by atoms with Gasteiger partial charge in [0.1, 0.15) is 24.1 Å². The second-order valence-electron chi connectivity index (χ2n) is 9.16. The van der Waals surface area contributed by atoms with Gasteiger partial charge < -0.3 is 20.2 Å². The number of aromatic nitrogens is 4. The second-order valence-corrected chi connectivity index (χ2v) is 10.5. The topological polar surface area (TPSA) is 124 Å². The summed E-state index contributed by atoms with van der Waals surface area (Å²) in [6.07, 6.45) is 2.97. The molecular weight excluding hydrogens is 526 g/mol. The molecule has 4 heterocycles. The fourth-order valence-electron chi connectivity index (χ4n) is 4.82. The molecule has 4 aromatic rings. The number of rotatable bonds is 7. The maximum atomic E-state index is 15.1. The third kappa shape index (κ3) is 3.99. The number of fused-ring (bicyclic) bond motifs is 2. The number of nitrogens with zero attached hydrogens (tertiary/aromatic N) is 5. The number of hydrogen-bond acceptors (Lipinski definition) is 10. The first-order chi connectivity index (χ1) is 18.2. The van der Waals surface area contributed by atoms with E-state index >= 15 is 4.39 Å². The van der Waals surface area contributed by atoms with E-state index in [0.29, 0.717) is 16.7 Å². The molecule has 0 saturated heterocycles. The summed E-state index contributed by atoms with van der Waals surface area (Å²) >= 11 is 0.792. The van der Waals surface area contributed by atoms with Crippen molar-refractivity contribution in [2.75, 3.05) is 5.32 Å². The summed E-state index contributed by atoms with van der Waals surface area (Å²) in [6.45, 7) is 1.63. The van der Waals surface area contributed by atoms with Crippen molar-refractivity contribution >= 4 is 39.5 Å². The van der Waals surface area contributed by atoms with Gasteiger partial charge in [0.05, 0.1) is 22.0 Å². The van der Waals surface area contributed by atoms with Crippen LogP contribution in [-0.4, -0.2) is 36.3 Å². The lowest BCUT2D eigenvalue weighted by atomic mass is 9.85. The van der Waals surface area contributed by atoms with E-state index < -0.39 is 34.3 Å². The third-order valence-corrected chi connectivity index (χ3v) is 8.07. The maximum Gasteiger partial charge on any atom is 0.253 e. The van der Waals surface area contributed by atoms with E-state index in [2.05, 4.69) is 30.2 Å². The predicted molar refractivity (Wildman–Crippen MR) is 131 cm³/mol. The number of benzene rings is 1. The molecule has 1 saturated carbocycles. The van der Waals surface area contributed by atoms with E-state index in [-0.39, 0.29) is 41.1 Å². The number of ether oxygens (including phenoxy) is 1. The highest BCUT2D eigenvalue weighted by molar-refractivity contribution is 8.15. The molecule has 14 heteroatoms. The van der Waals surface area contributed by atoms with E-state index in [1.54, 1.807) is 6.07 Å².